The molecule has 0 aliphatic heterocycles. The van der Waals surface area contributed by atoms with E-state index in [2.05, 4.69) is 25.8 Å². The van der Waals surface area contributed by atoms with Crippen LogP contribution in [0, 0.1) is 13.8 Å². The number of nitrogens with one attached hydrogen (secondary N) is 1. The molecule has 0 fully saturated rings. The van der Waals surface area contributed by atoms with Crippen molar-refractivity contribution in [3.63, 3.8) is 0 Å². The van der Waals surface area contributed by atoms with Crippen molar-refractivity contribution in [1.29, 1.82) is 0 Å². The zero-order valence-electron chi connectivity index (χ0n) is 10.4. The Morgan fingerprint density at radius 1 is 1.42 bits per heavy atom. The van der Waals surface area contributed by atoms with E-state index in [9.17, 15) is 8.42 Å². The van der Waals surface area contributed by atoms with Crippen LogP contribution in [0.25, 0.3) is 0 Å². The van der Waals surface area contributed by atoms with Crippen molar-refractivity contribution >= 4 is 37.3 Å². The van der Waals surface area contributed by atoms with Gasteiger partial charge in [0.05, 0.1) is 3.79 Å². The molecule has 0 amide bonds. The van der Waals surface area contributed by atoms with Crippen LogP contribution in [0.1, 0.15) is 16.3 Å². The van der Waals surface area contributed by atoms with Gasteiger partial charge in [-0.05, 0) is 48.3 Å². The van der Waals surface area contributed by atoms with Gasteiger partial charge in [0.2, 0.25) is 10.0 Å². The molecule has 2 aromatic heterocycles. The number of hydrogen-bond acceptors (Lipinski definition) is 5. The van der Waals surface area contributed by atoms with Gasteiger partial charge in [0.1, 0.15) is 10.6 Å². The predicted molar refractivity (Wildman–Crippen MR) is 76.9 cm³/mol. The minimum atomic E-state index is -3.55. The van der Waals surface area contributed by atoms with Crippen molar-refractivity contribution in [2.75, 3.05) is 6.54 Å². The molecule has 0 bridgehead atoms. The Hall–Kier alpha value is -0.700. The Bertz CT molecular complexity index is 656. The Morgan fingerprint density at radius 2 is 2.16 bits per heavy atom. The van der Waals surface area contributed by atoms with E-state index >= 15 is 0 Å². The summed E-state index contributed by atoms with van der Waals surface area (Å²) >= 11 is 4.97. The summed E-state index contributed by atoms with van der Waals surface area (Å²) in [5, 5.41) is 3.65. The lowest BCUT2D eigenvalue weighted by molar-refractivity contribution is 0.390. The largest absolute Gasteiger partial charge is 0.360 e. The minimum Gasteiger partial charge on any atom is -0.360 e. The molecule has 104 valence electrons. The summed E-state index contributed by atoms with van der Waals surface area (Å²) in [5.41, 5.74) is 0.379. The first-order valence-corrected chi connectivity index (χ1v) is 8.66. The van der Waals surface area contributed by atoms with Gasteiger partial charge < -0.3 is 4.52 Å². The van der Waals surface area contributed by atoms with Gasteiger partial charge in [0, 0.05) is 11.4 Å². The maximum absolute atomic E-state index is 12.1. The number of nitrogens with zero attached hydrogens (tertiary/aromatic N) is 1. The summed E-state index contributed by atoms with van der Waals surface area (Å²) in [6, 6.07) is 3.92. The molecular formula is C11H13BrN2O3S2. The topological polar surface area (TPSA) is 72.2 Å². The van der Waals surface area contributed by atoms with E-state index in [4.69, 9.17) is 4.52 Å². The van der Waals surface area contributed by atoms with Crippen LogP contribution in [-0.4, -0.2) is 20.1 Å². The van der Waals surface area contributed by atoms with E-state index < -0.39 is 10.0 Å². The number of hydrogen-bond donors (Lipinski definition) is 1. The standard InChI is InChI=1S/C11H13BrN2O3S2/c1-7-11(8(2)17-14-7)19(15,16)13-6-5-9-3-4-10(12)18-9/h3-4,13H,5-6H2,1-2H3. The smallest absolute Gasteiger partial charge is 0.245 e. The van der Waals surface area contributed by atoms with Gasteiger partial charge >= 0.3 is 0 Å². The number of thiophene rings is 1. The molecule has 0 aromatic carbocycles. The molecule has 5 nitrogen and oxygen atoms in total. The van der Waals surface area contributed by atoms with Crippen LogP contribution in [0.15, 0.2) is 25.3 Å². The molecule has 0 saturated carbocycles. The van der Waals surface area contributed by atoms with E-state index in [1.165, 1.54) is 0 Å². The molecule has 0 spiro atoms. The second-order valence-corrected chi connectivity index (χ2v) is 8.26. The first-order valence-electron chi connectivity index (χ1n) is 5.57. The highest BCUT2D eigenvalue weighted by molar-refractivity contribution is 9.11. The van der Waals surface area contributed by atoms with Gasteiger partial charge in [-0.25, -0.2) is 13.1 Å². The molecule has 0 saturated heterocycles. The Kier molecular flexibility index (Phi) is 4.44. The third-order valence-electron chi connectivity index (χ3n) is 2.53. The summed E-state index contributed by atoms with van der Waals surface area (Å²) < 4.78 is 32.7. The molecule has 0 atom stereocenters. The minimum absolute atomic E-state index is 0.139. The number of halogens is 1. The molecular weight excluding hydrogens is 352 g/mol. The number of rotatable bonds is 5. The molecule has 0 aliphatic rings. The molecule has 0 radical (unpaired) electrons. The van der Waals surface area contributed by atoms with Crippen molar-refractivity contribution in [1.82, 2.24) is 9.88 Å². The summed E-state index contributed by atoms with van der Waals surface area (Å²) in [4.78, 5) is 1.26. The summed E-state index contributed by atoms with van der Waals surface area (Å²) in [5.74, 6) is 0.309. The third kappa shape index (κ3) is 3.44. The Morgan fingerprint density at radius 3 is 2.68 bits per heavy atom. The van der Waals surface area contributed by atoms with Crippen LogP contribution >= 0.6 is 27.3 Å². The van der Waals surface area contributed by atoms with E-state index in [0.29, 0.717) is 24.4 Å². The number of aromatic nitrogens is 1. The van der Waals surface area contributed by atoms with Gasteiger partial charge in [-0.2, -0.15) is 0 Å². The summed E-state index contributed by atoms with van der Waals surface area (Å²) in [6.45, 7) is 3.55. The molecule has 2 rings (SSSR count). The highest BCUT2D eigenvalue weighted by Crippen LogP contribution is 2.22. The van der Waals surface area contributed by atoms with Crippen molar-refractivity contribution in [2.24, 2.45) is 0 Å². The van der Waals surface area contributed by atoms with E-state index in [1.54, 1.807) is 25.2 Å². The lowest BCUT2D eigenvalue weighted by Gasteiger charge is -2.05. The molecule has 1 N–H and O–H groups in total. The Balaban J connectivity index is 2.03. The molecule has 19 heavy (non-hydrogen) atoms. The lowest BCUT2D eigenvalue weighted by atomic mass is 10.3. The first kappa shape index (κ1) is 14.7. The van der Waals surface area contributed by atoms with Crippen LogP contribution in [0.3, 0.4) is 0 Å². The quantitative estimate of drug-likeness (QED) is 0.884. The number of aryl methyl sites for hydroxylation is 2. The summed E-state index contributed by atoms with van der Waals surface area (Å²) in [7, 11) is -3.55. The van der Waals surface area contributed by atoms with Crippen LogP contribution in [0.2, 0.25) is 0 Å². The monoisotopic (exact) mass is 364 g/mol. The van der Waals surface area contributed by atoms with E-state index in [1.807, 2.05) is 12.1 Å². The SMILES string of the molecule is Cc1noc(C)c1S(=O)(=O)NCCc1ccc(Br)s1. The van der Waals surface area contributed by atoms with Crippen molar-refractivity contribution in [3.8, 4) is 0 Å². The Labute approximate surface area is 124 Å². The zero-order chi connectivity index (χ0) is 14.0. The van der Waals surface area contributed by atoms with Crippen LogP contribution in [0.5, 0.6) is 0 Å². The fourth-order valence-electron chi connectivity index (χ4n) is 1.73. The van der Waals surface area contributed by atoms with Gasteiger partial charge in [0.25, 0.3) is 0 Å². The predicted octanol–water partition coefficient (Wildman–Crippen LogP) is 2.64. The molecule has 2 aromatic rings. The normalized spacial score (nSPS) is 11.9. The third-order valence-corrected chi connectivity index (χ3v) is 5.92. The second kappa shape index (κ2) is 5.74. The van der Waals surface area contributed by atoms with E-state index in [0.717, 1.165) is 8.66 Å². The molecule has 0 unspecified atom stereocenters. The van der Waals surface area contributed by atoms with Crippen LogP contribution in [-0.2, 0) is 16.4 Å². The fraction of sp³-hybridized carbons (Fsp3) is 0.364. The average molecular weight is 365 g/mol. The van der Waals surface area contributed by atoms with Gasteiger partial charge in [-0.1, -0.05) is 5.16 Å². The van der Waals surface area contributed by atoms with Gasteiger partial charge in [-0.3, -0.25) is 0 Å². The van der Waals surface area contributed by atoms with Crippen LogP contribution < -0.4 is 4.72 Å². The first-order chi connectivity index (χ1) is 8.90. The molecule has 0 aliphatic carbocycles. The second-order valence-electron chi connectivity index (χ2n) is 4.01. The highest BCUT2D eigenvalue weighted by Gasteiger charge is 2.23. The van der Waals surface area contributed by atoms with Crippen molar-refractivity contribution < 1.29 is 12.9 Å². The van der Waals surface area contributed by atoms with Crippen molar-refractivity contribution in [2.45, 2.75) is 25.2 Å². The zero-order valence-corrected chi connectivity index (χ0v) is 13.7. The van der Waals surface area contributed by atoms with E-state index in [-0.39, 0.29) is 4.90 Å². The number of sulfonamides is 1. The molecule has 2 heterocycles. The van der Waals surface area contributed by atoms with Gasteiger partial charge in [-0.15, -0.1) is 11.3 Å². The maximum Gasteiger partial charge on any atom is 0.245 e. The average Bonchev–Trinajstić information content (AvgIpc) is 2.86. The lowest BCUT2D eigenvalue weighted by Crippen LogP contribution is -2.26. The highest BCUT2D eigenvalue weighted by atomic mass is 79.9. The van der Waals surface area contributed by atoms with Crippen LogP contribution in [0.4, 0.5) is 0 Å². The summed E-state index contributed by atoms with van der Waals surface area (Å²) in [6.07, 6.45) is 0.652. The maximum atomic E-state index is 12.1. The molecule has 8 heteroatoms. The fourth-order valence-corrected chi connectivity index (χ4v) is 4.56. The van der Waals surface area contributed by atoms with Crippen molar-refractivity contribution in [3.05, 3.63) is 32.3 Å². The van der Waals surface area contributed by atoms with Gasteiger partial charge in [0.15, 0.2) is 5.76 Å².